The minimum absolute atomic E-state index is 0.0909. The van der Waals surface area contributed by atoms with Gasteiger partial charge in [-0.2, -0.15) is 0 Å². The van der Waals surface area contributed by atoms with E-state index in [2.05, 4.69) is 4.98 Å². The number of rotatable bonds is 2. The molecule has 2 heterocycles. The first-order valence-corrected chi connectivity index (χ1v) is 5.11. The first-order chi connectivity index (χ1) is 7.26. The molecule has 1 aromatic rings. The van der Waals surface area contributed by atoms with E-state index < -0.39 is 5.60 Å². The lowest BCUT2D eigenvalue weighted by Crippen LogP contribution is -2.35. The van der Waals surface area contributed by atoms with Crippen LogP contribution >= 0.6 is 0 Å². The summed E-state index contributed by atoms with van der Waals surface area (Å²) in [7, 11) is 0. The van der Waals surface area contributed by atoms with Gasteiger partial charge in [0.1, 0.15) is 5.60 Å². The van der Waals surface area contributed by atoms with Crippen molar-refractivity contribution in [1.82, 2.24) is 4.98 Å². The fourth-order valence-electron chi connectivity index (χ4n) is 1.93. The van der Waals surface area contributed by atoms with Crippen LogP contribution in [-0.2, 0) is 16.9 Å². The van der Waals surface area contributed by atoms with Gasteiger partial charge < -0.3 is 14.9 Å². The molecule has 0 bridgehead atoms. The Kier molecular flexibility index (Phi) is 3.00. The summed E-state index contributed by atoms with van der Waals surface area (Å²) >= 11 is 0. The van der Waals surface area contributed by atoms with Crippen LogP contribution in [0.2, 0.25) is 0 Å². The lowest BCUT2D eigenvalue weighted by molar-refractivity contribution is -0.0715. The topological polar surface area (TPSA) is 62.6 Å². The van der Waals surface area contributed by atoms with E-state index >= 15 is 0 Å². The third kappa shape index (κ3) is 2.02. The third-order valence-corrected chi connectivity index (χ3v) is 2.82. The molecule has 0 radical (unpaired) electrons. The first kappa shape index (κ1) is 10.5. The molecule has 1 saturated heterocycles. The molecule has 2 rings (SSSR count). The molecule has 0 saturated carbocycles. The van der Waals surface area contributed by atoms with Crippen molar-refractivity contribution in [2.75, 3.05) is 13.2 Å². The van der Waals surface area contributed by atoms with Gasteiger partial charge in [-0.1, -0.05) is 6.07 Å². The van der Waals surface area contributed by atoms with E-state index in [0.29, 0.717) is 37.3 Å². The Morgan fingerprint density at radius 1 is 1.40 bits per heavy atom. The van der Waals surface area contributed by atoms with Gasteiger partial charge in [0.25, 0.3) is 0 Å². The van der Waals surface area contributed by atoms with Crippen LogP contribution in [0.5, 0.6) is 0 Å². The van der Waals surface area contributed by atoms with Crippen LogP contribution < -0.4 is 0 Å². The SMILES string of the molecule is OCc1cccnc1C1(O)CCOCC1. The Labute approximate surface area is 88.5 Å². The fraction of sp³-hybridized carbons (Fsp3) is 0.545. The Morgan fingerprint density at radius 3 is 2.80 bits per heavy atom. The Bertz CT molecular complexity index is 334. The van der Waals surface area contributed by atoms with Crippen molar-refractivity contribution in [3.05, 3.63) is 29.6 Å². The highest BCUT2D eigenvalue weighted by atomic mass is 16.5. The molecular weight excluding hydrogens is 194 g/mol. The molecule has 0 aliphatic carbocycles. The van der Waals surface area contributed by atoms with E-state index in [4.69, 9.17) is 4.74 Å². The van der Waals surface area contributed by atoms with Gasteiger partial charge in [-0.3, -0.25) is 4.98 Å². The van der Waals surface area contributed by atoms with Crippen molar-refractivity contribution < 1.29 is 14.9 Å². The molecule has 1 aliphatic heterocycles. The van der Waals surface area contributed by atoms with Gasteiger partial charge >= 0.3 is 0 Å². The predicted octanol–water partition coefficient (Wildman–Crippen LogP) is 0.572. The standard InChI is InChI=1S/C11H15NO3/c13-8-9-2-1-5-12-10(9)11(14)3-6-15-7-4-11/h1-2,5,13-14H,3-4,6-8H2. The van der Waals surface area contributed by atoms with Gasteiger partial charge in [0.15, 0.2) is 0 Å². The van der Waals surface area contributed by atoms with Crippen molar-refractivity contribution >= 4 is 0 Å². The van der Waals surface area contributed by atoms with Crippen LogP contribution in [-0.4, -0.2) is 28.4 Å². The summed E-state index contributed by atoms with van der Waals surface area (Å²) in [4.78, 5) is 4.18. The van der Waals surface area contributed by atoms with E-state index in [1.807, 2.05) is 0 Å². The Balaban J connectivity index is 2.34. The van der Waals surface area contributed by atoms with E-state index in [9.17, 15) is 10.2 Å². The summed E-state index contributed by atoms with van der Waals surface area (Å²) in [6, 6.07) is 3.55. The zero-order valence-electron chi connectivity index (χ0n) is 8.52. The normalized spacial score (nSPS) is 20.1. The average Bonchev–Trinajstić information content (AvgIpc) is 2.30. The van der Waals surface area contributed by atoms with E-state index in [-0.39, 0.29) is 6.61 Å². The highest BCUT2D eigenvalue weighted by Crippen LogP contribution is 2.32. The molecule has 0 spiro atoms. The van der Waals surface area contributed by atoms with Crippen molar-refractivity contribution in [2.24, 2.45) is 0 Å². The molecule has 4 heteroatoms. The number of hydrogen-bond donors (Lipinski definition) is 2. The summed E-state index contributed by atoms with van der Waals surface area (Å²) in [6.07, 6.45) is 2.72. The van der Waals surface area contributed by atoms with Crippen LogP contribution in [0.15, 0.2) is 18.3 Å². The maximum Gasteiger partial charge on any atom is 0.111 e. The summed E-state index contributed by atoms with van der Waals surface area (Å²) in [6.45, 7) is 0.988. The van der Waals surface area contributed by atoms with Gasteiger partial charge in [-0.05, 0) is 6.07 Å². The monoisotopic (exact) mass is 209 g/mol. The molecular formula is C11H15NO3. The number of aliphatic hydroxyl groups excluding tert-OH is 1. The maximum absolute atomic E-state index is 10.4. The predicted molar refractivity (Wildman–Crippen MR) is 54.1 cm³/mol. The quantitative estimate of drug-likeness (QED) is 0.747. The highest BCUT2D eigenvalue weighted by Gasteiger charge is 2.34. The number of nitrogens with zero attached hydrogens (tertiary/aromatic N) is 1. The molecule has 0 aromatic carbocycles. The second-order valence-corrected chi connectivity index (χ2v) is 3.81. The number of ether oxygens (including phenoxy) is 1. The molecule has 0 amide bonds. The molecule has 15 heavy (non-hydrogen) atoms. The van der Waals surface area contributed by atoms with Gasteiger partial charge in [0.2, 0.25) is 0 Å². The molecule has 1 fully saturated rings. The first-order valence-electron chi connectivity index (χ1n) is 5.11. The van der Waals surface area contributed by atoms with Gasteiger partial charge in [0.05, 0.1) is 12.3 Å². The summed E-state index contributed by atoms with van der Waals surface area (Å²) in [5, 5.41) is 19.6. The van der Waals surface area contributed by atoms with Crippen LogP contribution in [0.25, 0.3) is 0 Å². The number of aliphatic hydroxyl groups is 2. The molecule has 82 valence electrons. The van der Waals surface area contributed by atoms with Crippen LogP contribution in [0.4, 0.5) is 0 Å². The van der Waals surface area contributed by atoms with E-state index in [1.54, 1.807) is 18.3 Å². The number of aromatic nitrogens is 1. The minimum Gasteiger partial charge on any atom is -0.392 e. The van der Waals surface area contributed by atoms with Crippen molar-refractivity contribution in [3.8, 4) is 0 Å². The summed E-state index contributed by atoms with van der Waals surface area (Å²) in [5.74, 6) is 0. The second-order valence-electron chi connectivity index (χ2n) is 3.81. The van der Waals surface area contributed by atoms with Crippen molar-refractivity contribution in [3.63, 3.8) is 0 Å². The highest BCUT2D eigenvalue weighted by molar-refractivity contribution is 5.25. The van der Waals surface area contributed by atoms with Gasteiger partial charge in [-0.25, -0.2) is 0 Å². The van der Waals surface area contributed by atoms with E-state index in [0.717, 1.165) is 0 Å². The summed E-state index contributed by atoms with van der Waals surface area (Å²) < 4.78 is 5.21. The third-order valence-electron chi connectivity index (χ3n) is 2.82. The average molecular weight is 209 g/mol. The molecule has 1 aromatic heterocycles. The van der Waals surface area contributed by atoms with E-state index in [1.165, 1.54) is 0 Å². The lowest BCUT2D eigenvalue weighted by atomic mass is 9.88. The molecule has 0 unspecified atom stereocenters. The largest absolute Gasteiger partial charge is 0.392 e. The zero-order valence-corrected chi connectivity index (χ0v) is 8.52. The van der Waals surface area contributed by atoms with Gasteiger partial charge in [-0.15, -0.1) is 0 Å². The van der Waals surface area contributed by atoms with Crippen LogP contribution in [0.3, 0.4) is 0 Å². The van der Waals surface area contributed by atoms with Crippen LogP contribution in [0.1, 0.15) is 24.1 Å². The fourth-order valence-corrected chi connectivity index (χ4v) is 1.93. The molecule has 4 nitrogen and oxygen atoms in total. The Hall–Kier alpha value is -0.970. The second kappa shape index (κ2) is 4.26. The minimum atomic E-state index is -0.933. The summed E-state index contributed by atoms with van der Waals surface area (Å²) in [5.41, 5.74) is 0.357. The van der Waals surface area contributed by atoms with Gasteiger partial charge in [0, 0.05) is 37.8 Å². The smallest absolute Gasteiger partial charge is 0.111 e. The molecule has 0 atom stereocenters. The van der Waals surface area contributed by atoms with Crippen molar-refractivity contribution in [2.45, 2.75) is 25.0 Å². The number of hydrogen-bond acceptors (Lipinski definition) is 4. The van der Waals surface area contributed by atoms with Crippen LogP contribution in [0, 0.1) is 0 Å². The lowest BCUT2D eigenvalue weighted by Gasteiger charge is -2.32. The Morgan fingerprint density at radius 2 is 2.13 bits per heavy atom. The maximum atomic E-state index is 10.4. The van der Waals surface area contributed by atoms with Crippen molar-refractivity contribution in [1.29, 1.82) is 0 Å². The molecule has 2 N–H and O–H groups in total. The number of pyridine rings is 1. The molecule has 1 aliphatic rings. The zero-order chi connectivity index (χ0) is 10.7.